The van der Waals surface area contributed by atoms with Gasteiger partial charge in [-0.2, -0.15) is 0 Å². The van der Waals surface area contributed by atoms with Crippen molar-refractivity contribution >= 4 is 28.8 Å². The molecule has 0 aliphatic carbocycles. The summed E-state index contributed by atoms with van der Waals surface area (Å²) >= 11 is 0. The lowest BCUT2D eigenvalue weighted by atomic mass is 9.88. The van der Waals surface area contributed by atoms with Crippen LogP contribution in [0.15, 0.2) is 42.5 Å². The van der Waals surface area contributed by atoms with E-state index in [1.165, 1.54) is 0 Å². The fraction of sp³-hybridized carbons (Fsp3) is 0.240. The SMILES string of the molecule is Cc1cc(C)c2c(C)c1C(=O)c1c(C)cc(C)c(c1C)P2(=O)c1ccccc1. The van der Waals surface area contributed by atoms with E-state index in [1.807, 2.05) is 84.0 Å². The molecule has 0 saturated heterocycles. The fourth-order valence-corrected chi connectivity index (χ4v) is 8.77. The van der Waals surface area contributed by atoms with Gasteiger partial charge in [-0.15, -0.1) is 0 Å². The van der Waals surface area contributed by atoms with Crippen molar-refractivity contribution < 1.29 is 9.36 Å². The zero-order valence-corrected chi connectivity index (χ0v) is 18.2. The zero-order valence-electron chi connectivity index (χ0n) is 17.3. The highest BCUT2D eigenvalue weighted by atomic mass is 31.2. The van der Waals surface area contributed by atoms with Gasteiger partial charge < -0.3 is 4.57 Å². The van der Waals surface area contributed by atoms with Crippen LogP contribution in [0.2, 0.25) is 0 Å². The number of carbonyl (C=O) groups is 1. The normalized spacial score (nSPS) is 14.6. The molecule has 0 radical (unpaired) electrons. The molecule has 2 nitrogen and oxygen atoms in total. The maximum absolute atomic E-state index is 15.1. The molecule has 3 aromatic rings. The second-order valence-electron chi connectivity index (χ2n) is 7.99. The second kappa shape index (κ2) is 6.29. The first-order valence-electron chi connectivity index (χ1n) is 9.62. The van der Waals surface area contributed by atoms with Crippen molar-refractivity contribution in [2.24, 2.45) is 0 Å². The van der Waals surface area contributed by atoms with Crippen molar-refractivity contribution in [2.45, 2.75) is 41.5 Å². The Kier molecular flexibility index (Phi) is 4.25. The second-order valence-corrected chi connectivity index (χ2v) is 10.6. The van der Waals surface area contributed by atoms with Gasteiger partial charge >= 0.3 is 0 Å². The van der Waals surface area contributed by atoms with Gasteiger partial charge in [-0.05, 0) is 74.9 Å². The number of hydrogen-bond acceptors (Lipinski definition) is 2. The quantitative estimate of drug-likeness (QED) is 0.442. The Bertz CT molecular complexity index is 1130. The molecule has 0 fully saturated rings. The molecule has 142 valence electrons. The number of hydrogen-bond donors (Lipinski definition) is 0. The molecular formula is C25H25O2P. The summed E-state index contributed by atoms with van der Waals surface area (Å²) in [7, 11) is -3.13. The zero-order chi connectivity index (χ0) is 20.4. The van der Waals surface area contributed by atoms with Crippen LogP contribution in [0.4, 0.5) is 0 Å². The molecule has 0 unspecified atom stereocenters. The molecule has 0 spiro atoms. The molecule has 28 heavy (non-hydrogen) atoms. The van der Waals surface area contributed by atoms with Crippen LogP contribution in [0.3, 0.4) is 0 Å². The lowest BCUT2D eigenvalue weighted by Gasteiger charge is -2.32. The van der Waals surface area contributed by atoms with E-state index in [4.69, 9.17) is 0 Å². The number of rotatable bonds is 1. The molecule has 1 aliphatic heterocycles. The number of benzene rings is 3. The maximum atomic E-state index is 15.1. The summed E-state index contributed by atoms with van der Waals surface area (Å²) in [6, 6.07) is 13.8. The van der Waals surface area contributed by atoms with E-state index < -0.39 is 7.14 Å². The Balaban J connectivity index is 2.32. The summed E-state index contributed by atoms with van der Waals surface area (Å²) in [4.78, 5) is 13.6. The lowest BCUT2D eigenvalue weighted by molar-refractivity contribution is 0.103. The molecule has 4 bridgehead atoms. The minimum absolute atomic E-state index is 0.0480. The van der Waals surface area contributed by atoms with Crippen molar-refractivity contribution in [1.82, 2.24) is 0 Å². The Morgan fingerprint density at radius 1 is 0.643 bits per heavy atom. The molecule has 0 amide bonds. The summed E-state index contributed by atoms with van der Waals surface area (Å²) in [5, 5.41) is 2.48. The highest BCUT2D eigenvalue weighted by molar-refractivity contribution is 7.85. The van der Waals surface area contributed by atoms with Gasteiger partial charge in [0.2, 0.25) is 0 Å². The van der Waals surface area contributed by atoms with Gasteiger partial charge in [-0.3, -0.25) is 4.79 Å². The molecular weight excluding hydrogens is 363 g/mol. The van der Waals surface area contributed by atoms with Crippen molar-refractivity contribution in [3.8, 4) is 0 Å². The molecule has 4 rings (SSSR count). The van der Waals surface area contributed by atoms with Crippen molar-refractivity contribution in [1.29, 1.82) is 0 Å². The molecule has 1 heterocycles. The first-order chi connectivity index (χ1) is 13.2. The molecule has 3 heteroatoms. The first-order valence-corrected chi connectivity index (χ1v) is 11.3. The predicted molar refractivity (Wildman–Crippen MR) is 118 cm³/mol. The van der Waals surface area contributed by atoms with E-state index in [1.54, 1.807) is 0 Å². The van der Waals surface area contributed by atoms with Crippen LogP contribution in [-0.4, -0.2) is 5.78 Å². The third-order valence-electron chi connectivity index (χ3n) is 6.07. The number of carbonyl (C=O) groups excluding carboxylic acids is 1. The van der Waals surface area contributed by atoms with Crippen LogP contribution in [0.1, 0.15) is 49.3 Å². The van der Waals surface area contributed by atoms with Crippen LogP contribution in [0.5, 0.6) is 0 Å². The highest BCUT2D eigenvalue weighted by Gasteiger charge is 2.40. The molecule has 1 aliphatic rings. The standard InChI is InChI=1S/C25H25O2P/c1-14-12-16(3)24-18(5)21(14)23(26)22-15(2)13-17(4)25(19(22)6)28(24,27)20-10-8-7-9-11-20/h7-13H,1-6H3. The minimum Gasteiger partial charge on any atom is -0.309 e. The Labute approximate surface area is 167 Å². The summed E-state index contributed by atoms with van der Waals surface area (Å²) in [6.07, 6.45) is 0. The third-order valence-corrected chi connectivity index (χ3v) is 9.73. The van der Waals surface area contributed by atoms with E-state index in [2.05, 4.69) is 0 Å². The predicted octanol–water partition coefficient (Wildman–Crippen LogP) is 4.72. The molecule has 0 saturated carbocycles. The Morgan fingerprint density at radius 3 is 1.50 bits per heavy atom. The van der Waals surface area contributed by atoms with Crippen LogP contribution in [0, 0.1) is 41.5 Å². The van der Waals surface area contributed by atoms with Crippen LogP contribution < -0.4 is 15.9 Å². The monoisotopic (exact) mass is 388 g/mol. The average Bonchev–Trinajstić information content (AvgIpc) is 2.60. The van der Waals surface area contributed by atoms with Crippen molar-refractivity contribution in [3.05, 3.63) is 87.0 Å². The van der Waals surface area contributed by atoms with Crippen molar-refractivity contribution in [3.63, 3.8) is 0 Å². The maximum Gasteiger partial charge on any atom is 0.194 e. The Morgan fingerprint density at radius 2 is 1.07 bits per heavy atom. The van der Waals surface area contributed by atoms with Crippen LogP contribution >= 0.6 is 7.14 Å². The minimum atomic E-state index is -3.13. The van der Waals surface area contributed by atoms with E-state index in [-0.39, 0.29) is 5.78 Å². The van der Waals surface area contributed by atoms with Crippen LogP contribution in [0.25, 0.3) is 0 Å². The summed E-state index contributed by atoms with van der Waals surface area (Å²) in [5.41, 5.74) is 7.01. The van der Waals surface area contributed by atoms with Gasteiger partial charge in [-0.1, -0.05) is 42.5 Å². The van der Waals surface area contributed by atoms with E-state index in [0.717, 1.165) is 49.3 Å². The van der Waals surface area contributed by atoms with E-state index in [0.29, 0.717) is 11.1 Å². The molecule has 0 aromatic heterocycles. The molecule has 0 N–H and O–H groups in total. The van der Waals surface area contributed by atoms with E-state index >= 15 is 4.57 Å². The van der Waals surface area contributed by atoms with Gasteiger partial charge in [0, 0.05) is 27.0 Å². The van der Waals surface area contributed by atoms with Crippen molar-refractivity contribution in [2.75, 3.05) is 0 Å². The summed E-state index contributed by atoms with van der Waals surface area (Å²) in [5.74, 6) is 0.0480. The lowest BCUT2D eigenvalue weighted by Crippen LogP contribution is -2.35. The largest absolute Gasteiger partial charge is 0.309 e. The van der Waals surface area contributed by atoms with Gasteiger partial charge in [-0.25, -0.2) is 0 Å². The molecule has 3 aromatic carbocycles. The van der Waals surface area contributed by atoms with Gasteiger partial charge in [0.25, 0.3) is 0 Å². The van der Waals surface area contributed by atoms with Crippen LogP contribution in [-0.2, 0) is 4.57 Å². The smallest absolute Gasteiger partial charge is 0.194 e. The number of fused-ring (bicyclic) bond motifs is 4. The van der Waals surface area contributed by atoms with E-state index in [9.17, 15) is 4.79 Å². The number of aryl methyl sites for hydroxylation is 4. The van der Waals surface area contributed by atoms with Gasteiger partial charge in [0.15, 0.2) is 12.9 Å². The first kappa shape index (κ1) is 18.9. The third kappa shape index (κ3) is 2.34. The number of ketones is 1. The molecule has 0 atom stereocenters. The Hall–Kier alpha value is -2.44. The fourth-order valence-electron chi connectivity index (χ4n) is 5.15. The van der Waals surface area contributed by atoms with Gasteiger partial charge in [0.05, 0.1) is 0 Å². The highest BCUT2D eigenvalue weighted by Crippen LogP contribution is 2.49. The van der Waals surface area contributed by atoms with Gasteiger partial charge in [0.1, 0.15) is 0 Å². The summed E-state index contributed by atoms with van der Waals surface area (Å²) < 4.78 is 15.1. The summed E-state index contributed by atoms with van der Waals surface area (Å²) in [6.45, 7) is 11.9. The topological polar surface area (TPSA) is 34.1 Å². The average molecular weight is 388 g/mol.